The lowest BCUT2D eigenvalue weighted by Gasteiger charge is -2.01. The van der Waals surface area contributed by atoms with E-state index in [4.69, 9.17) is 0 Å². The molecule has 0 spiro atoms. The average Bonchev–Trinajstić information content (AvgIpc) is 2.43. The van der Waals surface area contributed by atoms with Gasteiger partial charge in [-0.25, -0.2) is 0 Å². The second kappa shape index (κ2) is 9.10. The van der Waals surface area contributed by atoms with Gasteiger partial charge in [0, 0.05) is 18.4 Å². The van der Waals surface area contributed by atoms with Gasteiger partial charge in [0.1, 0.15) is 5.78 Å². The summed E-state index contributed by atoms with van der Waals surface area (Å²) in [6.45, 7) is 1.83. The molecule has 0 saturated heterocycles. The van der Waals surface area contributed by atoms with E-state index < -0.39 is 0 Å². The van der Waals surface area contributed by atoms with Crippen LogP contribution in [0.2, 0.25) is 0 Å². The zero-order valence-corrected chi connectivity index (χ0v) is 11.4. The molecular formula is C17H20O2. The first kappa shape index (κ1) is 15.2. The third kappa shape index (κ3) is 6.57. The van der Waals surface area contributed by atoms with Crippen molar-refractivity contribution in [3.8, 4) is 11.8 Å². The molecule has 1 aromatic carbocycles. The number of benzene rings is 1. The first-order chi connectivity index (χ1) is 9.24. The van der Waals surface area contributed by atoms with Crippen molar-refractivity contribution in [1.82, 2.24) is 0 Å². The molecular weight excluding hydrogens is 236 g/mol. The van der Waals surface area contributed by atoms with Gasteiger partial charge in [-0.2, -0.15) is 0 Å². The molecule has 0 aliphatic carbocycles. The minimum absolute atomic E-state index is 0.0266. The minimum atomic E-state index is -0.0811. The molecule has 1 rings (SSSR count). The number of hydrogen-bond acceptors (Lipinski definition) is 2. The maximum atomic E-state index is 11.8. The van der Waals surface area contributed by atoms with Crippen molar-refractivity contribution in [3.05, 3.63) is 35.9 Å². The monoisotopic (exact) mass is 256 g/mol. The summed E-state index contributed by atoms with van der Waals surface area (Å²) in [6.07, 6.45) is 4.30. The van der Waals surface area contributed by atoms with E-state index in [0.29, 0.717) is 12.0 Å². The van der Waals surface area contributed by atoms with Gasteiger partial charge in [-0.3, -0.25) is 9.59 Å². The number of ketones is 2. The van der Waals surface area contributed by atoms with Crippen LogP contribution in [0.5, 0.6) is 0 Å². The molecule has 19 heavy (non-hydrogen) atoms. The maximum absolute atomic E-state index is 11.8. The average molecular weight is 256 g/mol. The maximum Gasteiger partial charge on any atom is 0.170 e. The Labute approximate surface area is 115 Å². The summed E-state index contributed by atoms with van der Waals surface area (Å²) in [7, 11) is 0. The Morgan fingerprint density at radius 2 is 1.79 bits per heavy atom. The number of rotatable bonds is 8. The van der Waals surface area contributed by atoms with Crippen LogP contribution in [-0.2, 0) is 4.79 Å². The zero-order valence-electron chi connectivity index (χ0n) is 11.4. The minimum Gasteiger partial charge on any atom is -0.299 e. The molecule has 0 unspecified atom stereocenters. The topological polar surface area (TPSA) is 34.1 Å². The van der Waals surface area contributed by atoms with Crippen molar-refractivity contribution < 1.29 is 9.59 Å². The Morgan fingerprint density at radius 3 is 2.47 bits per heavy atom. The number of carbonyl (C=O) groups is 2. The fourth-order valence-corrected chi connectivity index (χ4v) is 1.83. The molecule has 0 radical (unpaired) electrons. The molecule has 0 saturated carbocycles. The van der Waals surface area contributed by atoms with E-state index in [9.17, 15) is 9.59 Å². The molecule has 0 aliphatic heterocycles. The van der Waals surface area contributed by atoms with Gasteiger partial charge < -0.3 is 0 Å². The van der Waals surface area contributed by atoms with Crippen LogP contribution in [0.15, 0.2) is 30.3 Å². The van der Waals surface area contributed by atoms with E-state index in [1.807, 2.05) is 25.1 Å². The third-order valence-electron chi connectivity index (χ3n) is 2.89. The Hall–Kier alpha value is -1.88. The van der Waals surface area contributed by atoms with Crippen LogP contribution in [0.25, 0.3) is 0 Å². The van der Waals surface area contributed by atoms with E-state index in [-0.39, 0.29) is 18.0 Å². The van der Waals surface area contributed by atoms with Gasteiger partial charge in [-0.1, -0.05) is 36.8 Å². The number of hydrogen-bond donors (Lipinski definition) is 0. The highest BCUT2D eigenvalue weighted by Crippen LogP contribution is 2.08. The van der Waals surface area contributed by atoms with Crippen LogP contribution in [0.4, 0.5) is 0 Å². The highest BCUT2D eigenvalue weighted by Gasteiger charge is 2.10. The smallest absolute Gasteiger partial charge is 0.170 e. The van der Waals surface area contributed by atoms with Gasteiger partial charge in [0.25, 0.3) is 0 Å². The van der Waals surface area contributed by atoms with E-state index in [1.54, 1.807) is 12.1 Å². The molecule has 0 N–H and O–H groups in total. The quantitative estimate of drug-likeness (QED) is 0.307. The third-order valence-corrected chi connectivity index (χ3v) is 2.89. The van der Waals surface area contributed by atoms with E-state index >= 15 is 0 Å². The van der Waals surface area contributed by atoms with Gasteiger partial charge in [0.05, 0.1) is 6.42 Å². The summed E-state index contributed by atoms with van der Waals surface area (Å²) >= 11 is 0. The lowest BCUT2D eigenvalue weighted by atomic mass is 10.0. The van der Waals surface area contributed by atoms with Crippen LogP contribution < -0.4 is 0 Å². The molecule has 0 heterocycles. The summed E-state index contributed by atoms with van der Waals surface area (Å²) in [5, 5.41) is 0. The lowest BCUT2D eigenvalue weighted by Crippen LogP contribution is -2.07. The normalized spacial score (nSPS) is 9.53. The van der Waals surface area contributed by atoms with Crippen LogP contribution in [0.3, 0.4) is 0 Å². The Kier molecular flexibility index (Phi) is 7.27. The highest BCUT2D eigenvalue weighted by atomic mass is 16.1. The summed E-state index contributed by atoms with van der Waals surface area (Å²) in [5.74, 6) is 5.81. The van der Waals surface area contributed by atoms with Gasteiger partial charge in [0.15, 0.2) is 5.78 Å². The molecule has 2 heteroatoms. The molecule has 2 nitrogen and oxygen atoms in total. The van der Waals surface area contributed by atoms with Gasteiger partial charge in [0.2, 0.25) is 0 Å². The molecule has 0 aliphatic rings. The van der Waals surface area contributed by atoms with Crippen molar-refractivity contribution in [1.29, 1.82) is 0 Å². The summed E-state index contributed by atoms with van der Waals surface area (Å²) < 4.78 is 0. The molecule has 1 aromatic rings. The molecule has 0 bridgehead atoms. The molecule has 100 valence electrons. The molecule has 0 atom stereocenters. The number of carbonyl (C=O) groups excluding carboxylic acids is 2. The predicted octanol–water partition coefficient (Wildman–Crippen LogP) is 3.80. The standard InChI is InChI=1S/C17H20O2/c1-2-3-4-5-6-10-13-16(18)14-17(19)15-11-8-7-9-12-15/h7-9,11-12H,4-6,10,13-14H2,1H3. The number of Topliss-reactive ketones (excluding diaryl/α,β-unsaturated/α-hetero) is 2. The van der Waals surface area contributed by atoms with Gasteiger partial charge >= 0.3 is 0 Å². The Balaban J connectivity index is 2.20. The van der Waals surface area contributed by atoms with Crippen LogP contribution in [0, 0.1) is 11.8 Å². The summed E-state index contributed by atoms with van der Waals surface area (Å²) in [4.78, 5) is 23.5. The van der Waals surface area contributed by atoms with Crippen molar-refractivity contribution in [2.75, 3.05) is 0 Å². The van der Waals surface area contributed by atoms with Crippen LogP contribution >= 0.6 is 0 Å². The van der Waals surface area contributed by atoms with E-state index in [1.165, 1.54) is 0 Å². The van der Waals surface area contributed by atoms with Gasteiger partial charge in [-0.15, -0.1) is 11.8 Å². The SMILES string of the molecule is CC#CCCCCCC(=O)CC(=O)c1ccccc1. The van der Waals surface area contributed by atoms with Crippen molar-refractivity contribution in [2.24, 2.45) is 0 Å². The summed E-state index contributed by atoms with van der Waals surface area (Å²) in [6, 6.07) is 8.98. The van der Waals surface area contributed by atoms with Crippen molar-refractivity contribution in [3.63, 3.8) is 0 Å². The second-order valence-corrected chi connectivity index (χ2v) is 4.49. The van der Waals surface area contributed by atoms with E-state index in [0.717, 1.165) is 25.7 Å². The first-order valence-electron chi connectivity index (χ1n) is 6.73. The zero-order chi connectivity index (χ0) is 13.9. The van der Waals surface area contributed by atoms with Crippen molar-refractivity contribution in [2.45, 2.75) is 45.4 Å². The lowest BCUT2D eigenvalue weighted by molar-refractivity contribution is -0.118. The second-order valence-electron chi connectivity index (χ2n) is 4.49. The first-order valence-corrected chi connectivity index (χ1v) is 6.73. The van der Waals surface area contributed by atoms with Crippen molar-refractivity contribution >= 4 is 11.6 Å². The van der Waals surface area contributed by atoms with E-state index in [2.05, 4.69) is 11.8 Å². The Morgan fingerprint density at radius 1 is 1.05 bits per heavy atom. The van der Waals surface area contributed by atoms with Crippen LogP contribution in [-0.4, -0.2) is 11.6 Å². The fourth-order valence-electron chi connectivity index (χ4n) is 1.83. The molecule has 0 amide bonds. The number of unbranched alkanes of at least 4 members (excludes halogenated alkanes) is 3. The predicted molar refractivity (Wildman–Crippen MR) is 76.9 cm³/mol. The summed E-state index contributed by atoms with van der Waals surface area (Å²) in [5.41, 5.74) is 0.620. The fraction of sp³-hybridized carbons (Fsp3) is 0.412. The highest BCUT2D eigenvalue weighted by molar-refractivity contribution is 6.07. The molecule has 0 aromatic heterocycles. The largest absolute Gasteiger partial charge is 0.299 e. The van der Waals surface area contributed by atoms with Crippen LogP contribution in [0.1, 0.15) is 55.8 Å². The Bertz CT molecular complexity index is 463. The molecule has 0 fully saturated rings. The van der Waals surface area contributed by atoms with Gasteiger partial charge in [-0.05, 0) is 19.8 Å².